The van der Waals surface area contributed by atoms with Gasteiger partial charge in [-0.15, -0.1) is 0 Å². The van der Waals surface area contributed by atoms with Gasteiger partial charge in [-0.2, -0.15) is 0 Å². The zero-order valence-corrected chi connectivity index (χ0v) is 13.7. The second-order valence-electron chi connectivity index (χ2n) is 5.66. The molecule has 0 aliphatic heterocycles. The van der Waals surface area contributed by atoms with Crippen LogP contribution in [0.3, 0.4) is 0 Å². The van der Waals surface area contributed by atoms with Gasteiger partial charge in [-0.3, -0.25) is 4.79 Å². The minimum absolute atomic E-state index is 0.00870. The van der Waals surface area contributed by atoms with Gasteiger partial charge in [0.1, 0.15) is 28.1 Å². The molecule has 3 rings (SSSR count). The molecule has 3 N–H and O–H groups in total. The number of phenols is 3. The van der Waals surface area contributed by atoms with Crippen molar-refractivity contribution in [3.63, 3.8) is 0 Å². The molecule has 25 heavy (non-hydrogen) atoms. The van der Waals surface area contributed by atoms with Gasteiger partial charge in [0.25, 0.3) is 0 Å². The van der Waals surface area contributed by atoms with Gasteiger partial charge in [-0.1, -0.05) is 18.2 Å². The summed E-state index contributed by atoms with van der Waals surface area (Å²) in [5.41, 5.74) is 0.644. The molecule has 0 radical (unpaired) electrons. The molecule has 0 spiro atoms. The van der Waals surface area contributed by atoms with Gasteiger partial charge in [0.15, 0.2) is 11.5 Å². The van der Waals surface area contributed by atoms with Gasteiger partial charge in [-0.25, -0.2) is 0 Å². The van der Waals surface area contributed by atoms with Crippen molar-refractivity contribution in [1.29, 1.82) is 0 Å². The third-order valence-electron chi connectivity index (χ3n) is 3.74. The second kappa shape index (κ2) is 5.90. The summed E-state index contributed by atoms with van der Waals surface area (Å²) in [6.07, 6.45) is 3.25. The van der Waals surface area contributed by atoms with Crippen LogP contribution in [-0.2, 0) is 0 Å². The van der Waals surface area contributed by atoms with E-state index in [2.05, 4.69) is 6.58 Å². The van der Waals surface area contributed by atoms with E-state index >= 15 is 0 Å². The number of aromatic hydroxyl groups is 3. The van der Waals surface area contributed by atoms with E-state index in [1.54, 1.807) is 19.1 Å². The Morgan fingerprint density at radius 3 is 2.44 bits per heavy atom. The average molecular weight is 340 g/mol. The minimum atomic E-state index is -0.506. The fourth-order valence-electron chi connectivity index (χ4n) is 2.70. The Morgan fingerprint density at radius 2 is 1.80 bits per heavy atom. The van der Waals surface area contributed by atoms with Crippen molar-refractivity contribution < 1.29 is 24.5 Å². The summed E-state index contributed by atoms with van der Waals surface area (Å²) in [4.78, 5) is 13.0. The first-order valence-corrected chi connectivity index (χ1v) is 7.39. The first kappa shape index (κ1) is 16.4. The third-order valence-corrected chi connectivity index (χ3v) is 3.74. The normalized spacial score (nSPS) is 11.4. The van der Waals surface area contributed by atoms with Crippen molar-refractivity contribution in [3.8, 4) is 23.0 Å². The number of allylic oxidation sites excluding steroid dienone is 2. The summed E-state index contributed by atoms with van der Waals surface area (Å²) in [6, 6.07) is 3.54. The molecule has 1 heterocycles. The lowest BCUT2D eigenvalue weighted by molar-refractivity contribution is 0.373. The Morgan fingerprint density at radius 1 is 1.12 bits per heavy atom. The number of rotatable bonds is 3. The molecule has 0 unspecified atom stereocenters. The van der Waals surface area contributed by atoms with Crippen LogP contribution >= 0.6 is 0 Å². The van der Waals surface area contributed by atoms with Gasteiger partial charge in [0.2, 0.25) is 5.43 Å². The smallest absolute Gasteiger partial charge is 0.205 e. The van der Waals surface area contributed by atoms with Crippen molar-refractivity contribution >= 4 is 28.0 Å². The molecule has 1 aromatic heterocycles. The van der Waals surface area contributed by atoms with Gasteiger partial charge < -0.3 is 24.5 Å². The zero-order chi connectivity index (χ0) is 18.3. The Hall–Kier alpha value is -3.41. The quantitative estimate of drug-likeness (QED) is 0.497. The van der Waals surface area contributed by atoms with Crippen LogP contribution < -0.4 is 10.2 Å². The SMILES string of the molecule is C=C(C)C=Cc1c(OC)c(O)cc2oc3cc(O)cc(O)c3c(=O)c12. The van der Waals surface area contributed by atoms with E-state index in [0.29, 0.717) is 5.56 Å². The Bertz CT molecular complexity index is 1100. The summed E-state index contributed by atoms with van der Waals surface area (Å²) < 4.78 is 10.8. The minimum Gasteiger partial charge on any atom is -0.508 e. The Kier molecular flexibility index (Phi) is 3.88. The van der Waals surface area contributed by atoms with Gasteiger partial charge >= 0.3 is 0 Å². The van der Waals surface area contributed by atoms with Crippen LogP contribution in [-0.4, -0.2) is 22.4 Å². The highest BCUT2D eigenvalue weighted by molar-refractivity contribution is 5.99. The van der Waals surface area contributed by atoms with E-state index in [0.717, 1.165) is 11.6 Å². The molecule has 0 bridgehead atoms. The van der Waals surface area contributed by atoms with Crippen LogP contribution in [0.15, 0.2) is 45.6 Å². The van der Waals surface area contributed by atoms with Crippen LogP contribution in [0.2, 0.25) is 0 Å². The largest absolute Gasteiger partial charge is 0.508 e. The van der Waals surface area contributed by atoms with Crippen molar-refractivity contribution in [2.75, 3.05) is 7.11 Å². The van der Waals surface area contributed by atoms with Gasteiger partial charge in [0, 0.05) is 23.8 Å². The van der Waals surface area contributed by atoms with E-state index in [1.165, 1.54) is 19.2 Å². The van der Waals surface area contributed by atoms with E-state index < -0.39 is 11.2 Å². The molecule has 0 aliphatic carbocycles. The monoisotopic (exact) mass is 340 g/mol. The number of ether oxygens (including phenoxy) is 1. The fraction of sp³-hybridized carbons (Fsp3) is 0.105. The summed E-state index contributed by atoms with van der Waals surface area (Å²) >= 11 is 0. The number of hydrogen-bond donors (Lipinski definition) is 3. The highest BCUT2D eigenvalue weighted by Gasteiger charge is 2.20. The molecule has 3 aromatic rings. The molecule has 6 nitrogen and oxygen atoms in total. The van der Waals surface area contributed by atoms with Crippen molar-refractivity contribution in [2.45, 2.75) is 6.92 Å². The van der Waals surface area contributed by atoms with Crippen molar-refractivity contribution in [3.05, 3.63) is 52.2 Å². The van der Waals surface area contributed by atoms with E-state index in [1.807, 2.05) is 0 Å². The van der Waals surface area contributed by atoms with Crippen LogP contribution in [0.25, 0.3) is 28.0 Å². The van der Waals surface area contributed by atoms with E-state index in [4.69, 9.17) is 9.15 Å². The Balaban J connectivity index is 2.56. The van der Waals surface area contributed by atoms with Crippen LogP contribution in [0.4, 0.5) is 0 Å². The number of fused-ring (bicyclic) bond motifs is 2. The summed E-state index contributed by atoms with van der Waals surface area (Å²) in [6.45, 7) is 5.54. The average Bonchev–Trinajstić information content (AvgIpc) is 2.51. The highest BCUT2D eigenvalue weighted by Crippen LogP contribution is 2.39. The number of methoxy groups -OCH3 is 1. The zero-order valence-electron chi connectivity index (χ0n) is 13.7. The van der Waals surface area contributed by atoms with Gasteiger partial charge in [-0.05, 0) is 13.0 Å². The molecular formula is C19H16O6. The summed E-state index contributed by atoms with van der Waals surface area (Å²) in [7, 11) is 1.37. The predicted molar refractivity (Wildman–Crippen MR) is 95.4 cm³/mol. The Labute approximate surface area is 142 Å². The lowest BCUT2D eigenvalue weighted by Gasteiger charge is -2.11. The molecule has 128 valence electrons. The maximum absolute atomic E-state index is 13.0. The topological polar surface area (TPSA) is 100 Å². The molecule has 0 atom stereocenters. The first-order valence-electron chi connectivity index (χ1n) is 7.39. The van der Waals surface area contributed by atoms with Crippen molar-refractivity contribution in [1.82, 2.24) is 0 Å². The molecule has 0 amide bonds. The van der Waals surface area contributed by atoms with Crippen LogP contribution in [0.1, 0.15) is 12.5 Å². The lowest BCUT2D eigenvalue weighted by Crippen LogP contribution is -2.05. The number of hydrogen-bond acceptors (Lipinski definition) is 6. The standard InChI is InChI=1S/C19H16O6/c1-9(2)4-5-11-16-15(8-13(22)19(11)24-3)25-14-7-10(20)6-12(21)17(14)18(16)23/h4-8,20-22H,1H2,2-3H3. The van der Waals surface area contributed by atoms with E-state index in [-0.39, 0.29) is 39.2 Å². The van der Waals surface area contributed by atoms with Crippen LogP contribution in [0.5, 0.6) is 23.0 Å². The third kappa shape index (κ3) is 2.67. The molecule has 0 saturated heterocycles. The summed E-state index contributed by atoms with van der Waals surface area (Å²) in [5.74, 6) is -0.738. The molecule has 0 saturated carbocycles. The summed E-state index contributed by atoms with van der Waals surface area (Å²) in [5, 5.41) is 29.9. The molecule has 6 heteroatoms. The molecule has 2 aromatic carbocycles. The van der Waals surface area contributed by atoms with E-state index in [9.17, 15) is 20.1 Å². The molecule has 0 aliphatic rings. The maximum atomic E-state index is 13.0. The first-order chi connectivity index (χ1) is 11.8. The highest BCUT2D eigenvalue weighted by atomic mass is 16.5. The lowest BCUT2D eigenvalue weighted by atomic mass is 10.0. The maximum Gasteiger partial charge on any atom is 0.205 e. The second-order valence-corrected chi connectivity index (χ2v) is 5.66. The molecule has 0 fully saturated rings. The fourth-order valence-corrected chi connectivity index (χ4v) is 2.70. The predicted octanol–water partition coefficient (Wildman–Crippen LogP) is 3.66. The van der Waals surface area contributed by atoms with Crippen LogP contribution in [0, 0.1) is 0 Å². The van der Waals surface area contributed by atoms with Gasteiger partial charge in [0.05, 0.1) is 12.5 Å². The van der Waals surface area contributed by atoms with Crippen molar-refractivity contribution in [2.24, 2.45) is 0 Å². The number of phenolic OH excluding ortho intramolecular Hbond substituents is 3. The number of benzene rings is 2. The molecular weight excluding hydrogens is 324 g/mol.